The highest BCUT2D eigenvalue weighted by Crippen LogP contribution is 2.41. The lowest BCUT2D eigenvalue weighted by Gasteiger charge is -2.32. The molecule has 0 heterocycles. The van der Waals surface area contributed by atoms with E-state index in [0.717, 1.165) is 30.3 Å². The second kappa shape index (κ2) is 10.3. The van der Waals surface area contributed by atoms with Gasteiger partial charge >= 0.3 is 18.5 Å². The third-order valence-electron chi connectivity index (χ3n) is 4.61. The van der Waals surface area contributed by atoms with Gasteiger partial charge in [-0.1, -0.05) is 29.3 Å². The van der Waals surface area contributed by atoms with E-state index < -0.39 is 71.9 Å². The fraction of sp³-hybridized carbons (Fsp3) is 0.350. The maximum Gasteiger partial charge on any atom is 0.423 e. The third-order valence-corrected chi connectivity index (χ3v) is 5.05. The molecule has 0 aliphatic heterocycles. The molecule has 35 heavy (non-hydrogen) atoms. The van der Waals surface area contributed by atoms with Gasteiger partial charge in [-0.3, -0.25) is 4.79 Å². The molecule has 0 aliphatic carbocycles. The highest BCUT2D eigenvalue weighted by Gasteiger charge is 2.55. The molecule has 2 rings (SSSR count). The zero-order valence-corrected chi connectivity index (χ0v) is 18.6. The first-order valence-corrected chi connectivity index (χ1v) is 10.1. The van der Waals surface area contributed by atoms with Crippen molar-refractivity contribution in [3.8, 4) is 0 Å². The Labute approximate surface area is 202 Å². The van der Waals surface area contributed by atoms with E-state index >= 15 is 0 Å². The summed E-state index contributed by atoms with van der Waals surface area (Å²) in [5.74, 6) is -1.57. The van der Waals surface area contributed by atoms with Crippen LogP contribution in [0.15, 0.2) is 36.4 Å². The van der Waals surface area contributed by atoms with E-state index in [4.69, 9.17) is 23.2 Å². The molecule has 0 spiro atoms. The molecule has 0 saturated heterocycles. The summed E-state index contributed by atoms with van der Waals surface area (Å²) < 4.78 is 118. The first-order valence-electron chi connectivity index (χ1n) is 9.35. The van der Waals surface area contributed by atoms with E-state index in [1.54, 1.807) is 5.32 Å². The van der Waals surface area contributed by atoms with Crippen LogP contribution in [0.1, 0.15) is 23.1 Å². The average Bonchev–Trinajstić information content (AvgIpc) is 2.67. The molecule has 0 bridgehead atoms. The van der Waals surface area contributed by atoms with E-state index in [2.05, 4.69) is 5.32 Å². The number of hydrogen-bond donors (Lipinski definition) is 3. The number of hydrogen-bond acceptors (Lipinski definition) is 3. The standard InChI is InChI=1S/C20H15Cl2F9N2O2/c21-12-3-11(4-13(22)5-12)17(35,20(29,30)31)9-33-14-2-1-10(15(6-14)19(26,27)28)8-32-16(34)7-18(23,24)25/h1-6,33,35H,7-9H2,(H,32,34)/t17-/m1/s1. The Hall–Kier alpha value is -2.38. The Morgan fingerprint density at radius 1 is 0.886 bits per heavy atom. The molecular formula is C20H15Cl2F9N2O2. The number of carbonyl (C=O) groups excluding carboxylic acids is 1. The van der Waals surface area contributed by atoms with Gasteiger partial charge in [-0.25, -0.2) is 0 Å². The zero-order chi connectivity index (χ0) is 26.8. The van der Waals surface area contributed by atoms with Crippen molar-refractivity contribution in [1.82, 2.24) is 5.32 Å². The van der Waals surface area contributed by atoms with E-state index in [0.29, 0.717) is 6.07 Å². The summed E-state index contributed by atoms with van der Waals surface area (Å²) in [5, 5.41) is 13.7. The number of nitrogens with one attached hydrogen (secondary N) is 2. The van der Waals surface area contributed by atoms with Crippen LogP contribution in [-0.2, 0) is 23.1 Å². The molecule has 194 valence electrons. The van der Waals surface area contributed by atoms with Gasteiger partial charge < -0.3 is 15.7 Å². The van der Waals surface area contributed by atoms with Crippen LogP contribution in [0.3, 0.4) is 0 Å². The van der Waals surface area contributed by atoms with Gasteiger partial charge in [-0.15, -0.1) is 0 Å². The predicted molar refractivity (Wildman–Crippen MR) is 109 cm³/mol. The van der Waals surface area contributed by atoms with Crippen molar-refractivity contribution in [2.24, 2.45) is 0 Å². The van der Waals surface area contributed by atoms with E-state index in [1.165, 1.54) is 0 Å². The Morgan fingerprint density at radius 2 is 1.46 bits per heavy atom. The molecule has 15 heteroatoms. The van der Waals surface area contributed by atoms with Crippen LogP contribution in [0.5, 0.6) is 0 Å². The number of benzene rings is 2. The third kappa shape index (κ3) is 7.80. The van der Waals surface area contributed by atoms with Crippen LogP contribution in [0.25, 0.3) is 0 Å². The molecule has 0 aromatic heterocycles. The van der Waals surface area contributed by atoms with Crippen LogP contribution >= 0.6 is 23.2 Å². The number of alkyl halides is 9. The minimum absolute atomic E-state index is 0.230. The molecule has 1 atom stereocenters. The molecule has 3 N–H and O–H groups in total. The van der Waals surface area contributed by atoms with Gasteiger partial charge in [0.15, 0.2) is 0 Å². The maximum absolute atomic E-state index is 13.7. The van der Waals surface area contributed by atoms with E-state index in [1.807, 2.05) is 0 Å². The molecule has 2 aromatic rings. The van der Waals surface area contributed by atoms with E-state index in [-0.39, 0.29) is 10.0 Å². The van der Waals surface area contributed by atoms with Crippen molar-refractivity contribution in [1.29, 1.82) is 0 Å². The lowest BCUT2D eigenvalue weighted by molar-refractivity contribution is -0.260. The van der Waals surface area contributed by atoms with Gasteiger partial charge in [0.05, 0.1) is 12.1 Å². The van der Waals surface area contributed by atoms with Crippen LogP contribution in [0, 0.1) is 0 Å². The lowest BCUT2D eigenvalue weighted by atomic mass is 9.92. The molecule has 2 aromatic carbocycles. The molecule has 0 unspecified atom stereocenters. The molecule has 0 saturated carbocycles. The van der Waals surface area contributed by atoms with Gasteiger partial charge in [0.2, 0.25) is 11.5 Å². The van der Waals surface area contributed by atoms with Crippen LogP contribution in [0.4, 0.5) is 45.2 Å². The van der Waals surface area contributed by atoms with Crippen LogP contribution in [0.2, 0.25) is 10.0 Å². The highest BCUT2D eigenvalue weighted by molar-refractivity contribution is 6.34. The first-order chi connectivity index (χ1) is 15.8. The molecule has 0 aliphatic rings. The highest BCUT2D eigenvalue weighted by atomic mass is 35.5. The number of aliphatic hydroxyl groups is 1. The van der Waals surface area contributed by atoms with Gasteiger partial charge in [0.25, 0.3) is 0 Å². The maximum atomic E-state index is 13.7. The van der Waals surface area contributed by atoms with Gasteiger partial charge in [-0.2, -0.15) is 39.5 Å². The second-order valence-electron chi connectivity index (χ2n) is 7.31. The minimum atomic E-state index is -5.30. The van der Waals surface area contributed by atoms with Gasteiger partial charge in [0, 0.05) is 22.3 Å². The Kier molecular flexibility index (Phi) is 8.50. The topological polar surface area (TPSA) is 61.4 Å². The SMILES string of the molecule is O=C(CC(F)(F)F)NCc1ccc(NC[C@@](O)(c2cc(Cl)cc(Cl)c2)C(F)(F)F)cc1C(F)(F)F. The summed E-state index contributed by atoms with van der Waals surface area (Å²) in [6.45, 7) is -2.26. The molecule has 4 nitrogen and oxygen atoms in total. The number of anilines is 1. The average molecular weight is 557 g/mol. The quantitative estimate of drug-likeness (QED) is 0.344. The Morgan fingerprint density at radius 3 is 1.94 bits per heavy atom. The van der Waals surface area contributed by atoms with Crippen molar-refractivity contribution in [3.63, 3.8) is 0 Å². The summed E-state index contributed by atoms with van der Waals surface area (Å²) in [4.78, 5) is 11.3. The smallest absolute Gasteiger partial charge is 0.381 e. The summed E-state index contributed by atoms with van der Waals surface area (Å²) >= 11 is 11.4. The number of halogens is 11. The van der Waals surface area contributed by atoms with Crippen LogP contribution < -0.4 is 10.6 Å². The van der Waals surface area contributed by atoms with Crippen molar-refractivity contribution in [3.05, 3.63) is 63.1 Å². The Bertz CT molecular complexity index is 1050. The van der Waals surface area contributed by atoms with Crippen LogP contribution in [-0.4, -0.2) is 29.9 Å². The summed E-state index contributed by atoms with van der Waals surface area (Å²) in [5.41, 5.74) is -6.93. The number of rotatable bonds is 7. The summed E-state index contributed by atoms with van der Waals surface area (Å²) in [6.07, 6.45) is -17.1. The fourth-order valence-electron chi connectivity index (χ4n) is 2.93. The zero-order valence-electron chi connectivity index (χ0n) is 17.1. The summed E-state index contributed by atoms with van der Waals surface area (Å²) in [6, 6.07) is 4.75. The van der Waals surface area contributed by atoms with Crippen molar-refractivity contribution in [2.75, 3.05) is 11.9 Å². The van der Waals surface area contributed by atoms with Gasteiger partial charge in [0.1, 0.15) is 6.42 Å². The van der Waals surface area contributed by atoms with Crippen molar-refractivity contribution < 1.29 is 49.4 Å². The molecular weight excluding hydrogens is 542 g/mol. The largest absolute Gasteiger partial charge is 0.423 e. The lowest BCUT2D eigenvalue weighted by Crippen LogP contribution is -2.47. The number of amides is 1. The molecule has 1 amide bonds. The van der Waals surface area contributed by atoms with Crippen molar-refractivity contribution >= 4 is 34.8 Å². The Balaban J connectivity index is 2.31. The van der Waals surface area contributed by atoms with Gasteiger partial charge in [-0.05, 0) is 41.5 Å². The number of carbonyl (C=O) groups is 1. The monoisotopic (exact) mass is 556 g/mol. The van der Waals surface area contributed by atoms with E-state index in [9.17, 15) is 49.4 Å². The fourth-order valence-corrected chi connectivity index (χ4v) is 3.46. The normalized spacial score (nSPS) is 14.4. The van der Waals surface area contributed by atoms with Crippen molar-refractivity contribution in [2.45, 2.75) is 37.1 Å². The summed E-state index contributed by atoms with van der Waals surface area (Å²) in [7, 11) is 0. The molecule has 0 radical (unpaired) electrons. The first kappa shape index (κ1) is 28.9. The minimum Gasteiger partial charge on any atom is -0.381 e. The second-order valence-corrected chi connectivity index (χ2v) is 8.18. The molecule has 0 fully saturated rings. The predicted octanol–water partition coefficient (Wildman–Crippen LogP) is 6.44.